The Labute approximate surface area is 854 Å². The van der Waals surface area contributed by atoms with E-state index in [2.05, 4.69) is 356 Å². The molecule has 18 rings (SSSR count). The van der Waals surface area contributed by atoms with Crippen molar-refractivity contribution in [2.24, 2.45) is 0 Å². The molecule has 2 aliphatic heterocycles. The normalized spacial score (nSPS) is 13.5. The van der Waals surface area contributed by atoms with Crippen molar-refractivity contribution in [1.29, 1.82) is 0 Å². The number of pyridine rings is 4. The first kappa shape index (κ1) is 111. The number of nitrogens with zero attached hydrogens (tertiary/aromatic N) is 4. The predicted octanol–water partition coefficient (Wildman–Crippen LogP) is 20.4. The molecule has 0 saturated carbocycles. The Morgan fingerprint density at radius 1 is 0.239 bits per heavy atom. The van der Waals surface area contributed by atoms with Crippen LogP contribution in [0.1, 0.15) is 77.6 Å². The SMILES string of the molecule is CC1(C)OB(c2cccc([SiH2]c3cccc(B4OC(C)(C)C(C)(C)O4)c3)c2)OC1(C)C.Cc1cc(-c2[c-]c([SiH2]c3[c-]c(-c4cc(C)c([Si](C)(C)C)cn4)ccc3)ccc2)ncc1[Si](C)(C)C.Cc1cc(-c2cccc([SiH2]c3cccc(-c4cc(C)c([Si](C)(C)C)cn4)c3)c2)ncc1[Si](C)(C)C.[Pt+2].c1ccccc1.c1ccccc1.c1ccccc1.c1ccccc1.c1ccccc1.c1ccccc1. The standard InChI is InChI=1S/C30H38N2Si3.C30H36N2Si3.C24H34B2O4Si.6C6H6.Pt/c2*1-21-15-27(31-19-29(21)34(3,4)5)23-11-9-13-25(17-23)33-26-14-10-12-24(18-26)28-16-22(2)30(20-32-28)35(6,7)8;1-21(2)22(3,4)28-25(27-21)17-11-9-13-19(15-17)31-20-14-10-12-18(16-20)26-29-23(5,6)24(7,8)30-26;6*1-2-4-6-5-3-1;/h9-20H,33H2,1-8H3;9-16,19-20H,33H2,1-8H3;9-16H,31H2,1-8H3;6*1-6H;/q;-2;;;;;;;;+2. The molecular formula is C120H144B2N4O4PtSi7. The summed E-state index contributed by atoms with van der Waals surface area (Å²) in [5, 5.41) is 13.9. The monoisotopic (exact) mass is 2120 g/mol. The molecule has 0 spiro atoms. The van der Waals surface area contributed by atoms with Gasteiger partial charge in [0.2, 0.25) is 0 Å². The zero-order chi connectivity index (χ0) is 98.9. The van der Waals surface area contributed by atoms with Crippen molar-refractivity contribution in [2.45, 2.75) is 184 Å². The van der Waals surface area contributed by atoms with E-state index in [1.54, 1.807) is 0 Å². The van der Waals surface area contributed by atoms with Crippen LogP contribution in [0.25, 0.3) is 45.0 Å². The minimum absolute atomic E-state index is 0. The van der Waals surface area contributed by atoms with Crippen molar-refractivity contribution >= 4 is 138 Å². The number of aromatic nitrogens is 4. The van der Waals surface area contributed by atoms with E-state index in [0.717, 1.165) is 44.8 Å². The predicted molar refractivity (Wildman–Crippen MR) is 614 cm³/mol. The summed E-state index contributed by atoms with van der Waals surface area (Å²) >= 11 is 0. The van der Waals surface area contributed by atoms with E-state index in [-0.39, 0.29) is 57.7 Å². The van der Waals surface area contributed by atoms with Gasteiger partial charge in [0.05, 0.1) is 85.1 Å². The largest absolute Gasteiger partial charge is 2.00 e. The molecule has 6 heterocycles. The van der Waals surface area contributed by atoms with Gasteiger partial charge in [0.15, 0.2) is 0 Å². The average molecular weight is 2120 g/mol. The summed E-state index contributed by atoms with van der Waals surface area (Å²) in [5.41, 5.74) is 15.1. The van der Waals surface area contributed by atoms with Gasteiger partial charge >= 0.3 is 35.3 Å². The summed E-state index contributed by atoms with van der Waals surface area (Å²) in [7, 11) is -8.16. The third-order valence-corrected chi connectivity index (χ3v) is 38.1. The van der Waals surface area contributed by atoms with Gasteiger partial charge in [-0.2, -0.15) is 0 Å². The molecule has 0 atom stereocenters. The second-order valence-electron chi connectivity index (χ2n) is 41.2. The maximum Gasteiger partial charge on any atom is 2.00 e. The summed E-state index contributed by atoms with van der Waals surface area (Å²) in [5.74, 6) is 0. The summed E-state index contributed by atoms with van der Waals surface area (Å²) in [6, 6.07) is 137. The Morgan fingerprint density at radius 3 is 0.667 bits per heavy atom. The van der Waals surface area contributed by atoms with Crippen molar-refractivity contribution in [1.82, 2.24) is 19.9 Å². The molecule has 2 saturated heterocycles. The first-order valence-corrected chi connectivity index (χ1v) is 66.4. The van der Waals surface area contributed by atoms with E-state index in [1.165, 1.54) is 85.2 Å². The molecule has 0 N–H and O–H groups in total. The van der Waals surface area contributed by atoms with Crippen LogP contribution in [0.2, 0.25) is 78.6 Å². The van der Waals surface area contributed by atoms with Gasteiger partial charge in [-0.3, -0.25) is 9.97 Å². The maximum absolute atomic E-state index is 6.24. The van der Waals surface area contributed by atoms with E-state index in [0.29, 0.717) is 0 Å². The molecule has 8 nitrogen and oxygen atoms in total. The van der Waals surface area contributed by atoms with E-state index in [1.807, 2.05) is 218 Å². The molecule has 0 bridgehead atoms. The van der Waals surface area contributed by atoms with E-state index in [9.17, 15) is 0 Å². The van der Waals surface area contributed by atoms with Crippen LogP contribution in [-0.4, -0.2) is 117 Å². The minimum atomic E-state index is -1.39. The van der Waals surface area contributed by atoms with Gasteiger partial charge in [0.1, 0.15) is 0 Å². The number of aryl methyl sites for hydroxylation is 4. The van der Waals surface area contributed by atoms with Crippen LogP contribution in [0.3, 0.4) is 0 Å². The minimum Gasteiger partial charge on any atom is -0.399 e. The molecule has 4 aromatic heterocycles. The third kappa shape index (κ3) is 35.0. The van der Waals surface area contributed by atoms with Gasteiger partial charge in [-0.25, -0.2) is 0 Å². The number of rotatable bonds is 16. The van der Waals surface area contributed by atoms with E-state index < -0.39 is 60.9 Å². The Bertz CT molecular complexity index is 5410. The van der Waals surface area contributed by atoms with Crippen LogP contribution >= 0.6 is 0 Å². The van der Waals surface area contributed by atoms with Crippen LogP contribution in [-0.2, 0) is 39.7 Å². The Balaban J connectivity index is 0.000000194. The molecule has 18 heteroatoms. The van der Waals surface area contributed by atoms with Gasteiger partial charge < -0.3 is 28.6 Å². The molecule has 0 radical (unpaired) electrons. The fraction of sp³-hybridized carbons (Fsp3) is 0.233. The van der Waals surface area contributed by atoms with Gasteiger partial charge in [0.25, 0.3) is 0 Å². The summed E-state index contributed by atoms with van der Waals surface area (Å²) in [6.07, 6.45) is 8.42. The molecule has 12 aromatic carbocycles. The van der Waals surface area contributed by atoms with Crippen LogP contribution in [0.5, 0.6) is 0 Å². The number of benzene rings is 12. The fourth-order valence-corrected chi connectivity index (χ4v) is 27.4. The van der Waals surface area contributed by atoms with Gasteiger partial charge in [0, 0.05) is 34.3 Å². The van der Waals surface area contributed by atoms with Crippen molar-refractivity contribution in [2.75, 3.05) is 0 Å². The maximum atomic E-state index is 6.24. The zero-order valence-corrected chi connectivity index (χ0v) is 96.6. The number of hydrogen-bond donors (Lipinski definition) is 0. The molecule has 138 heavy (non-hydrogen) atoms. The first-order chi connectivity index (χ1) is 65.1. The van der Waals surface area contributed by atoms with Crippen LogP contribution in [0.4, 0.5) is 0 Å². The molecule has 2 aliphatic rings. The molecule has 0 aliphatic carbocycles. The Kier molecular flexibility index (Phi) is 42.3. The Morgan fingerprint density at radius 2 is 0.442 bits per heavy atom. The van der Waals surface area contributed by atoms with Crippen molar-refractivity contribution in [3.63, 3.8) is 0 Å². The second-order valence-corrected chi connectivity index (χ2v) is 67.2. The van der Waals surface area contributed by atoms with Crippen LogP contribution < -0.4 is 62.8 Å². The van der Waals surface area contributed by atoms with Gasteiger partial charge in [-0.05, 0) is 161 Å². The number of hydrogen-bond acceptors (Lipinski definition) is 8. The first-order valence-electron chi connectivity index (χ1n) is 48.1. The zero-order valence-electron chi connectivity index (χ0n) is 86.1. The topological polar surface area (TPSA) is 88.5 Å². The molecule has 2 fully saturated rings. The van der Waals surface area contributed by atoms with Crippen molar-refractivity contribution in [3.8, 4) is 45.0 Å². The summed E-state index contributed by atoms with van der Waals surface area (Å²) in [6.45, 7) is 54.1. The molecule has 0 unspecified atom stereocenters. The quantitative estimate of drug-likeness (QED) is 0.0698. The Hall–Kier alpha value is -10.6. The van der Waals surface area contributed by atoms with Gasteiger partial charge in [-0.15, -0.1) is 70.0 Å². The fourth-order valence-electron chi connectivity index (χ4n) is 15.8. The van der Waals surface area contributed by atoms with Crippen molar-refractivity contribution in [3.05, 3.63) is 435 Å². The van der Waals surface area contributed by atoms with E-state index in [4.69, 9.17) is 38.6 Å². The van der Waals surface area contributed by atoms with Crippen LogP contribution in [0, 0.1) is 39.8 Å². The van der Waals surface area contributed by atoms with Crippen LogP contribution in [0.15, 0.2) is 401 Å². The van der Waals surface area contributed by atoms with E-state index >= 15 is 0 Å². The molecule has 0 amide bonds. The van der Waals surface area contributed by atoms with Gasteiger partial charge in [-0.1, -0.05) is 438 Å². The second kappa shape index (κ2) is 52.6. The average Bonchev–Trinajstić information content (AvgIpc) is 1.62. The smallest absolute Gasteiger partial charge is 0.399 e. The summed E-state index contributed by atoms with van der Waals surface area (Å²) < 4.78 is 25.0. The summed E-state index contributed by atoms with van der Waals surface area (Å²) in [4.78, 5) is 19.3. The molecular weight excluding hydrogens is 1970 g/mol. The third-order valence-electron chi connectivity index (χ3n) is 24.5. The molecule has 16 aromatic rings. The van der Waals surface area contributed by atoms with Crippen molar-refractivity contribution < 1.29 is 39.7 Å². The molecule has 712 valence electrons.